The Hall–Kier alpha value is -1.62. The summed E-state index contributed by atoms with van der Waals surface area (Å²) < 4.78 is 0. The van der Waals surface area contributed by atoms with Crippen LogP contribution in [0.2, 0.25) is 0 Å². The smallest absolute Gasteiger partial charge is 0.242 e. The van der Waals surface area contributed by atoms with Crippen LogP contribution in [0.5, 0.6) is 0 Å². The van der Waals surface area contributed by atoms with E-state index in [9.17, 15) is 4.79 Å². The van der Waals surface area contributed by atoms with E-state index in [1.54, 1.807) is 13.8 Å². The van der Waals surface area contributed by atoms with Crippen molar-refractivity contribution in [2.24, 2.45) is 11.5 Å². The molecular formula is C12H17N3OS. The van der Waals surface area contributed by atoms with Crippen LogP contribution in [0, 0.1) is 6.92 Å². The molecule has 0 spiro atoms. The lowest BCUT2D eigenvalue weighted by Crippen LogP contribution is -2.45. The molecule has 0 saturated carbocycles. The number of carbonyl (C=O) groups is 1. The Morgan fingerprint density at radius 3 is 2.41 bits per heavy atom. The van der Waals surface area contributed by atoms with E-state index in [1.165, 1.54) is 0 Å². The fourth-order valence-electron chi connectivity index (χ4n) is 1.37. The third-order valence-corrected chi connectivity index (χ3v) is 2.72. The first-order chi connectivity index (χ1) is 7.74. The summed E-state index contributed by atoms with van der Waals surface area (Å²) in [4.78, 5) is 11.6. The van der Waals surface area contributed by atoms with Gasteiger partial charge in [0.15, 0.2) is 0 Å². The van der Waals surface area contributed by atoms with Gasteiger partial charge in [-0.1, -0.05) is 18.3 Å². The largest absolute Gasteiger partial charge is 0.389 e. The minimum atomic E-state index is -0.854. The van der Waals surface area contributed by atoms with Gasteiger partial charge in [-0.25, -0.2) is 0 Å². The maximum absolute atomic E-state index is 11.3. The minimum absolute atomic E-state index is 0.285. The number of hydrogen-bond acceptors (Lipinski definition) is 3. The first kappa shape index (κ1) is 13.4. The molecular weight excluding hydrogens is 234 g/mol. The van der Waals surface area contributed by atoms with Crippen LogP contribution in [0.15, 0.2) is 18.2 Å². The average Bonchev–Trinajstić information content (AvgIpc) is 2.15. The lowest BCUT2D eigenvalue weighted by Gasteiger charge is -2.25. The predicted molar refractivity (Wildman–Crippen MR) is 74.0 cm³/mol. The van der Waals surface area contributed by atoms with E-state index in [4.69, 9.17) is 23.7 Å². The molecule has 0 atom stereocenters. The molecule has 0 heterocycles. The highest BCUT2D eigenvalue weighted by molar-refractivity contribution is 7.80. The van der Waals surface area contributed by atoms with Crippen molar-refractivity contribution < 1.29 is 4.79 Å². The van der Waals surface area contributed by atoms with Gasteiger partial charge in [-0.2, -0.15) is 0 Å². The number of thiocarbonyl (C=S) groups is 1. The van der Waals surface area contributed by atoms with Crippen LogP contribution in [-0.4, -0.2) is 16.4 Å². The van der Waals surface area contributed by atoms with Gasteiger partial charge in [0, 0.05) is 11.3 Å². The van der Waals surface area contributed by atoms with E-state index in [2.05, 4.69) is 5.32 Å². The van der Waals surface area contributed by atoms with Crippen LogP contribution in [0.25, 0.3) is 0 Å². The maximum Gasteiger partial charge on any atom is 0.242 e. The van der Waals surface area contributed by atoms with Crippen LogP contribution >= 0.6 is 12.2 Å². The molecule has 0 aromatic heterocycles. The van der Waals surface area contributed by atoms with Gasteiger partial charge in [0.25, 0.3) is 0 Å². The number of primary amides is 1. The monoisotopic (exact) mass is 251 g/mol. The second-order valence-electron chi connectivity index (χ2n) is 4.53. The molecule has 0 aliphatic carbocycles. The number of benzene rings is 1. The van der Waals surface area contributed by atoms with Crippen molar-refractivity contribution in [3.8, 4) is 0 Å². The SMILES string of the molecule is Cc1ccc(C(N)=S)c(NC(C)(C)C(N)=O)c1. The fourth-order valence-corrected chi connectivity index (χ4v) is 1.55. The van der Waals surface area contributed by atoms with Crippen molar-refractivity contribution in [1.29, 1.82) is 0 Å². The van der Waals surface area contributed by atoms with E-state index in [1.807, 2.05) is 25.1 Å². The minimum Gasteiger partial charge on any atom is -0.389 e. The number of carbonyl (C=O) groups excluding carboxylic acids is 1. The highest BCUT2D eigenvalue weighted by atomic mass is 32.1. The molecule has 0 fully saturated rings. The van der Waals surface area contributed by atoms with Gasteiger partial charge in [0.1, 0.15) is 10.5 Å². The summed E-state index contributed by atoms with van der Waals surface area (Å²) in [5, 5.41) is 3.07. The molecule has 4 nitrogen and oxygen atoms in total. The summed E-state index contributed by atoms with van der Waals surface area (Å²) in [6.45, 7) is 5.37. The second kappa shape index (κ2) is 4.71. The standard InChI is InChI=1S/C12H17N3OS/c1-7-4-5-8(10(13)17)9(6-7)15-12(2,3)11(14)16/h4-6,15H,1-3H3,(H2,13,17)(H2,14,16). The van der Waals surface area contributed by atoms with Gasteiger partial charge < -0.3 is 16.8 Å². The summed E-state index contributed by atoms with van der Waals surface area (Å²) in [5.74, 6) is -0.437. The number of anilines is 1. The molecule has 0 bridgehead atoms. The lowest BCUT2D eigenvalue weighted by atomic mass is 10.0. The Bertz CT molecular complexity index is 469. The Morgan fingerprint density at radius 2 is 1.94 bits per heavy atom. The number of amides is 1. The Kier molecular flexibility index (Phi) is 3.72. The fraction of sp³-hybridized carbons (Fsp3) is 0.333. The van der Waals surface area contributed by atoms with E-state index in [0.717, 1.165) is 11.3 Å². The van der Waals surface area contributed by atoms with Crippen LogP contribution < -0.4 is 16.8 Å². The van der Waals surface area contributed by atoms with E-state index in [-0.39, 0.29) is 4.99 Å². The molecule has 0 aliphatic rings. The summed E-state index contributed by atoms with van der Waals surface area (Å²) >= 11 is 4.97. The second-order valence-corrected chi connectivity index (χ2v) is 4.97. The highest BCUT2D eigenvalue weighted by Crippen LogP contribution is 2.21. The number of nitrogens with two attached hydrogens (primary N) is 2. The first-order valence-electron chi connectivity index (χ1n) is 5.22. The normalized spacial score (nSPS) is 11.0. The molecule has 5 N–H and O–H groups in total. The summed E-state index contributed by atoms with van der Waals surface area (Å²) in [6, 6.07) is 5.63. The quantitative estimate of drug-likeness (QED) is 0.705. The summed E-state index contributed by atoms with van der Waals surface area (Å²) in [7, 11) is 0. The van der Waals surface area contributed by atoms with Crippen molar-refractivity contribution >= 4 is 28.8 Å². The van der Waals surface area contributed by atoms with Crippen LogP contribution in [-0.2, 0) is 4.79 Å². The molecule has 0 unspecified atom stereocenters. The summed E-state index contributed by atoms with van der Waals surface area (Å²) in [6.07, 6.45) is 0. The number of aryl methyl sites for hydroxylation is 1. The third kappa shape index (κ3) is 3.17. The first-order valence-corrected chi connectivity index (χ1v) is 5.63. The van der Waals surface area contributed by atoms with Crippen molar-refractivity contribution in [2.45, 2.75) is 26.3 Å². The number of rotatable bonds is 4. The highest BCUT2D eigenvalue weighted by Gasteiger charge is 2.25. The van der Waals surface area contributed by atoms with Gasteiger partial charge in [0.05, 0.1) is 0 Å². The van der Waals surface area contributed by atoms with E-state index >= 15 is 0 Å². The van der Waals surface area contributed by atoms with Gasteiger partial charge in [-0.05, 0) is 38.5 Å². The van der Waals surface area contributed by atoms with Crippen molar-refractivity contribution in [2.75, 3.05) is 5.32 Å². The van der Waals surface area contributed by atoms with Crippen LogP contribution in [0.4, 0.5) is 5.69 Å². The maximum atomic E-state index is 11.3. The molecule has 1 rings (SSSR count). The molecule has 0 aliphatic heterocycles. The van der Waals surface area contributed by atoms with E-state index in [0.29, 0.717) is 5.56 Å². The van der Waals surface area contributed by atoms with Gasteiger partial charge in [-0.15, -0.1) is 0 Å². The zero-order chi connectivity index (χ0) is 13.2. The molecule has 92 valence electrons. The number of hydrogen-bond donors (Lipinski definition) is 3. The number of nitrogens with one attached hydrogen (secondary N) is 1. The van der Waals surface area contributed by atoms with Gasteiger partial charge in [0.2, 0.25) is 5.91 Å². The van der Waals surface area contributed by atoms with E-state index < -0.39 is 11.4 Å². The van der Waals surface area contributed by atoms with Crippen molar-refractivity contribution in [3.63, 3.8) is 0 Å². The topological polar surface area (TPSA) is 81.1 Å². The van der Waals surface area contributed by atoms with Crippen LogP contribution in [0.1, 0.15) is 25.0 Å². The average molecular weight is 251 g/mol. The molecule has 1 amide bonds. The predicted octanol–water partition coefficient (Wildman–Crippen LogP) is 1.31. The Morgan fingerprint density at radius 1 is 1.35 bits per heavy atom. The van der Waals surface area contributed by atoms with Crippen molar-refractivity contribution in [3.05, 3.63) is 29.3 Å². The van der Waals surface area contributed by atoms with Crippen LogP contribution in [0.3, 0.4) is 0 Å². The van der Waals surface area contributed by atoms with Gasteiger partial charge in [-0.3, -0.25) is 4.79 Å². The lowest BCUT2D eigenvalue weighted by molar-refractivity contribution is -0.121. The molecule has 17 heavy (non-hydrogen) atoms. The van der Waals surface area contributed by atoms with Crippen molar-refractivity contribution in [1.82, 2.24) is 0 Å². The third-order valence-electron chi connectivity index (χ3n) is 2.50. The molecule has 0 saturated heterocycles. The Labute approximate surface area is 106 Å². The summed E-state index contributed by atoms with van der Waals surface area (Å²) in [5.41, 5.74) is 12.6. The molecule has 0 radical (unpaired) electrons. The molecule has 1 aromatic carbocycles. The zero-order valence-electron chi connectivity index (χ0n) is 10.2. The molecule has 1 aromatic rings. The van der Waals surface area contributed by atoms with Gasteiger partial charge >= 0.3 is 0 Å². The molecule has 5 heteroatoms. The zero-order valence-corrected chi connectivity index (χ0v) is 11.0. The Balaban J connectivity index is 3.17.